The van der Waals surface area contributed by atoms with Gasteiger partial charge in [-0.1, -0.05) is 0 Å². The highest BCUT2D eigenvalue weighted by atomic mass is 16.5. The van der Waals surface area contributed by atoms with E-state index in [9.17, 15) is 4.79 Å². The monoisotopic (exact) mass is 275 g/mol. The fourth-order valence-corrected chi connectivity index (χ4v) is 1.63. The second-order valence-corrected chi connectivity index (χ2v) is 4.14. The standard InChI is InChI=1S/C13H17N5O2/c1-3-17-8-11(6-14-17)4-5-13(19)16-12-7-15-18(9-12)10-20-2/h4-9H,3,10H2,1-2H3,(H,16,19)/b5-4+. The smallest absolute Gasteiger partial charge is 0.248 e. The summed E-state index contributed by atoms with van der Waals surface area (Å²) in [5, 5.41) is 10.9. The fraction of sp³-hybridized carbons (Fsp3) is 0.308. The molecule has 7 nitrogen and oxygen atoms in total. The maximum atomic E-state index is 11.7. The van der Waals surface area contributed by atoms with E-state index in [2.05, 4.69) is 15.5 Å². The van der Waals surface area contributed by atoms with Crippen LogP contribution >= 0.6 is 0 Å². The van der Waals surface area contributed by atoms with E-state index in [4.69, 9.17) is 4.74 Å². The molecule has 0 saturated carbocycles. The highest BCUT2D eigenvalue weighted by Gasteiger charge is 2.01. The molecule has 106 valence electrons. The molecule has 2 aromatic rings. The van der Waals surface area contributed by atoms with Crippen LogP contribution in [0.15, 0.2) is 30.9 Å². The third-order valence-electron chi connectivity index (χ3n) is 2.57. The molecule has 0 aliphatic rings. The number of hydrogen-bond acceptors (Lipinski definition) is 4. The molecule has 0 atom stereocenters. The summed E-state index contributed by atoms with van der Waals surface area (Å²) in [5.74, 6) is -0.216. The number of rotatable bonds is 6. The quantitative estimate of drug-likeness (QED) is 0.808. The molecule has 0 spiro atoms. The zero-order valence-electron chi connectivity index (χ0n) is 11.5. The average molecular weight is 275 g/mol. The van der Waals surface area contributed by atoms with Crippen LogP contribution in [0.5, 0.6) is 0 Å². The molecule has 0 unspecified atom stereocenters. The number of hydrogen-bond donors (Lipinski definition) is 1. The zero-order chi connectivity index (χ0) is 14.4. The first-order chi connectivity index (χ1) is 9.71. The molecule has 0 fully saturated rings. The van der Waals surface area contributed by atoms with Crippen molar-refractivity contribution in [3.63, 3.8) is 0 Å². The van der Waals surface area contributed by atoms with Crippen molar-refractivity contribution in [3.05, 3.63) is 36.4 Å². The molecule has 0 bridgehead atoms. The average Bonchev–Trinajstić information content (AvgIpc) is 3.06. The number of anilines is 1. The third kappa shape index (κ3) is 3.79. The first kappa shape index (κ1) is 14.0. The normalized spacial score (nSPS) is 11.1. The Morgan fingerprint density at radius 2 is 2.15 bits per heavy atom. The minimum atomic E-state index is -0.216. The Bertz CT molecular complexity index is 599. The summed E-state index contributed by atoms with van der Waals surface area (Å²) in [6.07, 6.45) is 10.0. The Kier molecular flexibility index (Phi) is 4.67. The molecule has 0 aliphatic heterocycles. The number of amides is 1. The van der Waals surface area contributed by atoms with Crippen molar-refractivity contribution < 1.29 is 9.53 Å². The largest absolute Gasteiger partial charge is 0.362 e. The van der Waals surface area contributed by atoms with Gasteiger partial charge in [0.2, 0.25) is 5.91 Å². The van der Waals surface area contributed by atoms with Gasteiger partial charge in [-0.15, -0.1) is 0 Å². The molecule has 0 radical (unpaired) electrons. The highest BCUT2D eigenvalue weighted by Crippen LogP contribution is 2.06. The van der Waals surface area contributed by atoms with E-state index in [1.807, 2.05) is 13.1 Å². The van der Waals surface area contributed by atoms with Crippen LogP contribution in [0.2, 0.25) is 0 Å². The van der Waals surface area contributed by atoms with Crippen LogP contribution in [0.25, 0.3) is 6.08 Å². The SMILES string of the molecule is CCn1cc(/C=C/C(=O)Nc2cnn(COC)c2)cn1. The Morgan fingerprint density at radius 1 is 1.35 bits per heavy atom. The third-order valence-corrected chi connectivity index (χ3v) is 2.57. The van der Waals surface area contributed by atoms with Crippen molar-refractivity contribution in [3.8, 4) is 0 Å². The molecule has 2 aromatic heterocycles. The van der Waals surface area contributed by atoms with E-state index in [1.165, 1.54) is 6.08 Å². The van der Waals surface area contributed by atoms with E-state index < -0.39 is 0 Å². The summed E-state index contributed by atoms with van der Waals surface area (Å²) in [5.41, 5.74) is 1.51. The molecule has 0 saturated heterocycles. The summed E-state index contributed by atoms with van der Waals surface area (Å²) in [4.78, 5) is 11.7. The Balaban J connectivity index is 1.90. The molecule has 2 heterocycles. The van der Waals surface area contributed by atoms with Gasteiger partial charge in [0.15, 0.2) is 0 Å². The van der Waals surface area contributed by atoms with Gasteiger partial charge in [0, 0.05) is 31.5 Å². The van der Waals surface area contributed by atoms with Gasteiger partial charge in [-0.05, 0) is 13.0 Å². The lowest BCUT2D eigenvalue weighted by atomic mass is 10.3. The number of nitrogens with zero attached hydrogens (tertiary/aromatic N) is 4. The van der Waals surface area contributed by atoms with Crippen molar-refractivity contribution in [2.75, 3.05) is 12.4 Å². The van der Waals surface area contributed by atoms with Gasteiger partial charge in [0.25, 0.3) is 0 Å². The van der Waals surface area contributed by atoms with Crippen LogP contribution in [0.3, 0.4) is 0 Å². The van der Waals surface area contributed by atoms with E-state index in [1.54, 1.807) is 41.1 Å². The number of ether oxygens (including phenoxy) is 1. The maximum absolute atomic E-state index is 11.7. The minimum absolute atomic E-state index is 0.216. The van der Waals surface area contributed by atoms with Gasteiger partial charge in [-0.25, -0.2) is 4.68 Å². The predicted molar refractivity (Wildman–Crippen MR) is 74.8 cm³/mol. The Morgan fingerprint density at radius 3 is 2.85 bits per heavy atom. The van der Waals surface area contributed by atoms with Crippen molar-refractivity contribution in [2.45, 2.75) is 20.2 Å². The van der Waals surface area contributed by atoms with Crippen LogP contribution in [0.4, 0.5) is 5.69 Å². The lowest BCUT2D eigenvalue weighted by Gasteiger charge is -1.97. The Labute approximate surface area is 116 Å². The highest BCUT2D eigenvalue weighted by molar-refractivity contribution is 6.01. The first-order valence-corrected chi connectivity index (χ1v) is 6.24. The number of aryl methyl sites for hydroxylation is 1. The summed E-state index contributed by atoms with van der Waals surface area (Å²) in [6, 6.07) is 0. The van der Waals surface area contributed by atoms with Gasteiger partial charge < -0.3 is 10.1 Å². The van der Waals surface area contributed by atoms with Crippen LogP contribution in [-0.2, 0) is 22.8 Å². The second-order valence-electron chi connectivity index (χ2n) is 4.14. The molecule has 0 aliphatic carbocycles. The van der Waals surface area contributed by atoms with E-state index >= 15 is 0 Å². The van der Waals surface area contributed by atoms with Gasteiger partial charge in [-0.2, -0.15) is 10.2 Å². The number of carbonyl (C=O) groups is 1. The molecule has 2 rings (SSSR count). The molecule has 20 heavy (non-hydrogen) atoms. The van der Waals surface area contributed by atoms with Crippen LogP contribution in [0, 0.1) is 0 Å². The van der Waals surface area contributed by atoms with Crippen LogP contribution in [0.1, 0.15) is 12.5 Å². The van der Waals surface area contributed by atoms with E-state index in [0.717, 1.165) is 12.1 Å². The zero-order valence-corrected chi connectivity index (χ0v) is 11.5. The molecular weight excluding hydrogens is 258 g/mol. The fourth-order valence-electron chi connectivity index (χ4n) is 1.63. The molecule has 1 amide bonds. The lowest BCUT2D eigenvalue weighted by molar-refractivity contribution is -0.111. The maximum Gasteiger partial charge on any atom is 0.248 e. The molecule has 1 N–H and O–H groups in total. The number of nitrogens with one attached hydrogen (secondary N) is 1. The molecular formula is C13H17N5O2. The van der Waals surface area contributed by atoms with Gasteiger partial charge in [0.1, 0.15) is 6.73 Å². The number of aromatic nitrogens is 4. The summed E-state index contributed by atoms with van der Waals surface area (Å²) >= 11 is 0. The van der Waals surface area contributed by atoms with Crippen molar-refractivity contribution in [1.29, 1.82) is 0 Å². The Hall–Kier alpha value is -2.41. The summed E-state index contributed by atoms with van der Waals surface area (Å²) < 4.78 is 8.31. The number of methoxy groups -OCH3 is 1. The van der Waals surface area contributed by atoms with Gasteiger partial charge in [0.05, 0.1) is 24.3 Å². The molecule has 7 heteroatoms. The predicted octanol–water partition coefficient (Wildman–Crippen LogP) is 1.36. The summed E-state index contributed by atoms with van der Waals surface area (Å²) in [6.45, 7) is 3.16. The van der Waals surface area contributed by atoms with Gasteiger partial charge >= 0.3 is 0 Å². The molecule has 0 aromatic carbocycles. The second kappa shape index (κ2) is 6.67. The van der Waals surface area contributed by atoms with E-state index in [0.29, 0.717) is 12.4 Å². The minimum Gasteiger partial charge on any atom is -0.362 e. The first-order valence-electron chi connectivity index (χ1n) is 6.24. The van der Waals surface area contributed by atoms with Crippen molar-refractivity contribution in [2.24, 2.45) is 0 Å². The summed E-state index contributed by atoms with van der Waals surface area (Å²) in [7, 11) is 1.58. The van der Waals surface area contributed by atoms with Crippen LogP contribution < -0.4 is 5.32 Å². The van der Waals surface area contributed by atoms with Crippen molar-refractivity contribution in [1.82, 2.24) is 19.6 Å². The lowest BCUT2D eigenvalue weighted by Crippen LogP contribution is -2.07. The number of carbonyl (C=O) groups excluding carboxylic acids is 1. The van der Waals surface area contributed by atoms with E-state index in [-0.39, 0.29) is 5.91 Å². The topological polar surface area (TPSA) is 74.0 Å². The van der Waals surface area contributed by atoms with Crippen molar-refractivity contribution >= 4 is 17.7 Å². The van der Waals surface area contributed by atoms with Gasteiger partial charge in [-0.3, -0.25) is 9.48 Å². The van der Waals surface area contributed by atoms with Crippen LogP contribution in [-0.4, -0.2) is 32.6 Å².